The maximum Gasteiger partial charge on any atom is 0.511 e. The molecular weight excluding hydrogens is 431 g/mol. The second-order valence-corrected chi connectivity index (χ2v) is 9.26. The summed E-state index contributed by atoms with van der Waals surface area (Å²) < 4.78 is 67.9. The van der Waals surface area contributed by atoms with Crippen LogP contribution in [0.15, 0.2) is 60.7 Å². The summed E-state index contributed by atoms with van der Waals surface area (Å²) in [6.45, 7) is 0. The fourth-order valence-corrected chi connectivity index (χ4v) is 2.14. The molecule has 11 heteroatoms. The summed E-state index contributed by atoms with van der Waals surface area (Å²) in [5.41, 5.74) is 2.02. The molecule has 134 valence electrons. The Morgan fingerprint density at radius 3 is 1.24 bits per heavy atom. The van der Waals surface area contributed by atoms with Crippen LogP contribution in [0.3, 0.4) is 0 Å². The van der Waals surface area contributed by atoms with Gasteiger partial charge in [0.2, 0.25) is 11.6 Å². The molecule has 0 aliphatic heterocycles. The number of aromatic nitrogens is 3. The van der Waals surface area contributed by atoms with E-state index in [9.17, 15) is 20.8 Å². The van der Waals surface area contributed by atoms with Gasteiger partial charge in [-0.1, -0.05) is 60.7 Å². The fraction of sp³-hybridized carbons (Fsp3) is 0. The van der Waals surface area contributed by atoms with E-state index in [2.05, 4.69) is 13.7 Å². The third-order valence-corrected chi connectivity index (χ3v) is 3.04. The average Bonchev–Trinajstić information content (AvgIpc) is 2.54. The van der Waals surface area contributed by atoms with Crippen LogP contribution in [0.25, 0.3) is 22.8 Å². The zero-order chi connectivity index (χ0) is 18.6. The van der Waals surface area contributed by atoms with Gasteiger partial charge in [0.1, 0.15) is 0 Å². The first-order valence-electron chi connectivity index (χ1n) is 6.60. The maximum atomic E-state index is 9.91. The van der Waals surface area contributed by atoms with Gasteiger partial charge in [0.05, 0.1) is 8.75 Å². The van der Waals surface area contributed by atoms with Crippen molar-refractivity contribution in [3.8, 4) is 22.8 Å². The third kappa shape index (κ3) is 8.55. The molecule has 0 saturated carbocycles. The van der Waals surface area contributed by atoms with Crippen LogP contribution in [0.5, 0.6) is 0 Å². The molecule has 0 bridgehead atoms. The fourth-order valence-electron chi connectivity index (χ4n) is 1.65. The smallest absolute Gasteiger partial charge is 0.199 e. The molecule has 0 radical (unpaired) electrons. The van der Waals surface area contributed by atoms with E-state index in [4.69, 9.17) is 0 Å². The quantitative estimate of drug-likeness (QED) is 0.292. The Bertz CT molecular complexity index is 779. The summed E-state index contributed by atoms with van der Waals surface area (Å²) >= 11 is -9.88. The molecule has 3 aromatic rings. The summed E-state index contributed by atoms with van der Waals surface area (Å²) in [6.07, 6.45) is 0. The Hall–Kier alpha value is -2.06. The number of hydrogen-bond donors (Lipinski definition) is 0. The number of rotatable bonds is 2. The van der Waals surface area contributed by atoms with E-state index < -0.39 is 14.2 Å². The Morgan fingerprint density at radius 2 is 0.920 bits per heavy atom. The second-order valence-electron chi connectivity index (χ2n) is 4.71. The van der Waals surface area contributed by atoms with Crippen LogP contribution in [0.1, 0.15) is 0 Å². The van der Waals surface area contributed by atoms with Gasteiger partial charge in [-0.25, -0.2) is 0 Å². The Kier molecular flexibility index (Phi) is 4.89. The van der Waals surface area contributed by atoms with Gasteiger partial charge in [0, 0.05) is 11.1 Å². The molecule has 1 heterocycles. The van der Waals surface area contributed by atoms with Gasteiger partial charge in [0.25, 0.3) is 0 Å². The van der Waals surface area contributed by atoms with Gasteiger partial charge in [-0.15, -0.1) is 0 Å². The molecule has 3 rings (SSSR count). The van der Waals surface area contributed by atoms with Crippen LogP contribution in [0.4, 0.5) is 20.8 Å². The molecule has 3 nitrogen and oxygen atoms in total. The van der Waals surface area contributed by atoms with E-state index in [-0.39, 0.29) is 0 Å². The summed E-state index contributed by atoms with van der Waals surface area (Å²) in [7, 11) is 0. The number of halogens is 6. The molecule has 2 aromatic carbocycles. The zero-order valence-electron chi connectivity index (χ0n) is 12.2. The second kappa shape index (κ2) is 6.34. The predicted molar refractivity (Wildman–Crippen MR) is 85.4 cm³/mol. The molecule has 0 spiro atoms. The molecule has 0 unspecified atom stereocenters. The van der Waals surface area contributed by atoms with E-state index >= 15 is 0 Å². The van der Waals surface area contributed by atoms with Gasteiger partial charge in [-0.2, -0.15) is 4.98 Å². The Morgan fingerprint density at radius 1 is 0.600 bits per heavy atom. The predicted octanol–water partition coefficient (Wildman–Crippen LogP) is 5.69. The van der Waals surface area contributed by atoms with Crippen molar-refractivity contribution in [1.82, 2.24) is 13.7 Å². The van der Waals surface area contributed by atoms with Gasteiger partial charge in [-0.3, -0.25) is 0 Å². The standard InChI is InChI=1S/C14H10N3S.AsF6/c1-3-7-11(8-4-1)13-15-14(17-18-16-13)12-9-5-2-6-10-12;2-1(3,4,5,6)7/h1-10H;/q+1;-1. The molecule has 0 N–H and O–H groups in total. The van der Waals surface area contributed by atoms with E-state index in [1.165, 1.54) is 11.7 Å². The van der Waals surface area contributed by atoms with E-state index in [1.807, 2.05) is 60.7 Å². The van der Waals surface area contributed by atoms with Crippen molar-refractivity contribution in [3.63, 3.8) is 0 Å². The van der Waals surface area contributed by atoms with Crippen molar-refractivity contribution >= 4 is 25.9 Å². The van der Waals surface area contributed by atoms with Crippen molar-refractivity contribution in [1.29, 1.82) is 0 Å². The van der Waals surface area contributed by atoms with E-state index in [1.54, 1.807) is 0 Å². The van der Waals surface area contributed by atoms with Crippen LogP contribution in [-0.4, -0.2) is 27.9 Å². The summed E-state index contributed by atoms with van der Waals surface area (Å²) in [6, 6.07) is 19.9. The molecule has 0 aliphatic rings. The third-order valence-electron chi connectivity index (χ3n) is 2.53. The van der Waals surface area contributed by atoms with E-state index in [0.717, 1.165) is 22.8 Å². The first-order chi connectivity index (χ1) is 11.4. The molecule has 0 amide bonds. The van der Waals surface area contributed by atoms with Crippen LogP contribution in [0, 0.1) is 0 Å². The van der Waals surface area contributed by atoms with Crippen molar-refractivity contribution in [2.24, 2.45) is 0 Å². The van der Waals surface area contributed by atoms with Gasteiger partial charge in [-0.05, 0) is 0 Å². The molecule has 0 fully saturated rings. The molecule has 25 heavy (non-hydrogen) atoms. The minimum atomic E-state index is -11.1. The minimum absolute atomic E-state index is 0.717. The molecule has 0 aliphatic carbocycles. The molecule has 1 aromatic heterocycles. The van der Waals surface area contributed by atoms with Gasteiger partial charge >= 0.3 is 46.7 Å². The number of hydrogen-bond acceptors (Lipinski definition) is 3. The largest absolute Gasteiger partial charge is 0.511 e. The van der Waals surface area contributed by atoms with Crippen molar-refractivity contribution < 1.29 is 20.8 Å². The molecule has 0 atom stereocenters. The monoisotopic (exact) mass is 441 g/mol. The first-order valence-corrected chi connectivity index (χ1v) is 11.6. The summed E-state index contributed by atoms with van der Waals surface area (Å²) in [5, 5.41) is 0. The van der Waals surface area contributed by atoms with Gasteiger partial charge < -0.3 is 0 Å². The van der Waals surface area contributed by atoms with Crippen LogP contribution >= 0.6 is 11.7 Å². The summed E-state index contributed by atoms with van der Waals surface area (Å²) in [5.74, 6) is 1.43. The topological polar surface area (TPSA) is 38.7 Å². The van der Waals surface area contributed by atoms with Gasteiger partial charge in [0.15, 0.2) is 0 Å². The average molecular weight is 441 g/mol. The van der Waals surface area contributed by atoms with Crippen LogP contribution < -0.4 is 0 Å². The first kappa shape index (κ1) is 19.3. The minimum Gasteiger partial charge on any atom is -0.199 e. The van der Waals surface area contributed by atoms with Crippen molar-refractivity contribution in [2.75, 3.05) is 0 Å². The Balaban J connectivity index is 0.000000277. The zero-order valence-corrected chi connectivity index (χ0v) is 14.9. The summed E-state index contributed by atoms with van der Waals surface area (Å²) in [4.78, 5) is 4.50. The van der Waals surface area contributed by atoms with Crippen molar-refractivity contribution in [2.45, 2.75) is 0 Å². The van der Waals surface area contributed by atoms with E-state index in [0.29, 0.717) is 0 Å². The molecule has 0 saturated heterocycles. The number of nitrogens with zero attached hydrogens (tertiary/aromatic N) is 3. The van der Waals surface area contributed by atoms with Crippen molar-refractivity contribution in [3.05, 3.63) is 60.7 Å². The SMILES string of the molecule is F[As-](F)(F)(F)(F)F.c1ccc(-c2n[s+]nc(-c3ccccc3)n2)cc1. The van der Waals surface area contributed by atoms with Crippen LogP contribution in [-0.2, 0) is 0 Å². The van der Waals surface area contributed by atoms with Crippen LogP contribution in [0.2, 0.25) is 0 Å². The maximum absolute atomic E-state index is 11.1. The molecular formula is C14H10AsF6N3S. The normalized spacial score (nSPS) is 13.8. The Labute approximate surface area is 144 Å². The number of benzene rings is 2.